The lowest BCUT2D eigenvalue weighted by molar-refractivity contribution is -0.146. The first kappa shape index (κ1) is 14.4. The van der Waals surface area contributed by atoms with Gasteiger partial charge in [-0.15, -0.1) is 0 Å². The topological polar surface area (TPSA) is 49.4 Å². The minimum atomic E-state index is -0.247. The third-order valence-corrected chi connectivity index (χ3v) is 4.38. The van der Waals surface area contributed by atoms with Gasteiger partial charge in [-0.3, -0.25) is 9.59 Å². The maximum atomic E-state index is 12.5. The predicted octanol–water partition coefficient (Wildman–Crippen LogP) is 2.08. The summed E-state index contributed by atoms with van der Waals surface area (Å²) in [6.07, 6.45) is 9.09. The van der Waals surface area contributed by atoms with Crippen molar-refractivity contribution in [2.75, 3.05) is 13.1 Å². The van der Waals surface area contributed by atoms with E-state index in [0.717, 1.165) is 38.6 Å². The number of amides is 2. The molecule has 1 unspecified atom stereocenters. The van der Waals surface area contributed by atoms with Crippen LogP contribution in [0.3, 0.4) is 0 Å². The molecule has 2 amide bonds. The Morgan fingerprint density at radius 1 is 1.16 bits per heavy atom. The number of unbranched alkanes of at least 4 members (excludes halogenated alkanes) is 2. The first-order valence-electron chi connectivity index (χ1n) is 7.80. The fourth-order valence-electron chi connectivity index (χ4n) is 3.26. The van der Waals surface area contributed by atoms with Crippen molar-refractivity contribution in [3.8, 4) is 0 Å². The van der Waals surface area contributed by atoms with Crippen LogP contribution in [0.1, 0.15) is 58.3 Å². The van der Waals surface area contributed by atoms with Gasteiger partial charge >= 0.3 is 0 Å². The Labute approximate surface area is 115 Å². The standard InChI is InChI=1S/C15H26N2O2/c1-2-3-7-10-17-11-13(18)16-14(15(17)19)12-8-5-4-6-9-12/h12,14H,2-11H2,1H3,(H,16,18). The summed E-state index contributed by atoms with van der Waals surface area (Å²) in [7, 11) is 0. The number of carbonyl (C=O) groups is 2. The molecule has 0 radical (unpaired) electrons. The fourth-order valence-corrected chi connectivity index (χ4v) is 3.26. The van der Waals surface area contributed by atoms with Gasteiger partial charge in [0.15, 0.2) is 0 Å². The van der Waals surface area contributed by atoms with Crippen LogP contribution >= 0.6 is 0 Å². The molecule has 4 heteroatoms. The highest BCUT2D eigenvalue weighted by Crippen LogP contribution is 2.28. The number of piperazine rings is 1. The van der Waals surface area contributed by atoms with E-state index in [9.17, 15) is 9.59 Å². The molecule has 108 valence electrons. The summed E-state index contributed by atoms with van der Waals surface area (Å²) >= 11 is 0. The van der Waals surface area contributed by atoms with Crippen LogP contribution in [0.15, 0.2) is 0 Å². The first-order valence-corrected chi connectivity index (χ1v) is 7.80. The average Bonchev–Trinajstić information content (AvgIpc) is 2.43. The molecule has 19 heavy (non-hydrogen) atoms. The first-order chi connectivity index (χ1) is 9.22. The maximum Gasteiger partial charge on any atom is 0.245 e. The van der Waals surface area contributed by atoms with E-state index in [1.165, 1.54) is 19.3 Å². The van der Waals surface area contributed by atoms with Gasteiger partial charge < -0.3 is 10.2 Å². The normalized spacial score (nSPS) is 25.5. The number of carbonyl (C=O) groups excluding carboxylic acids is 2. The second kappa shape index (κ2) is 6.92. The molecule has 0 aromatic rings. The fraction of sp³-hybridized carbons (Fsp3) is 0.867. The molecule has 1 saturated carbocycles. The SMILES string of the molecule is CCCCCN1CC(=O)NC(C2CCCCC2)C1=O. The van der Waals surface area contributed by atoms with E-state index >= 15 is 0 Å². The number of rotatable bonds is 5. The van der Waals surface area contributed by atoms with Crippen LogP contribution in [0.25, 0.3) is 0 Å². The summed E-state index contributed by atoms with van der Waals surface area (Å²) in [4.78, 5) is 26.0. The van der Waals surface area contributed by atoms with E-state index in [2.05, 4.69) is 12.2 Å². The van der Waals surface area contributed by atoms with Crippen molar-refractivity contribution in [3.05, 3.63) is 0 Å². The summed E-state index contributed by atoms with van der Waals surface area (Å²) < 4.78 is 0. The van der Waals surface area contributed by atoms with Gasteiger partial charge in [0, 0.05) is 6.54 Å². The van der Waals surface area contributed by atoms with Crippen molar-refractivity contribution >= 4 is 11.8 Å². The van der Waals surface area contributed by atoms with E-state index in [4.69, 9.17) is 0 Å². The number of nitrogens with one attached hydrogen (secondary N) is 1. The van der Waals surface area contributed by atoms with Crippen LogP contribution < -0.4 is 5.32 Å². The van der Waals surface area contributed by atoms with Crippen molar-refractivity contribution < 1.29 is 9.59 Å². The van der Waals surface area contributed by atoms with Crippen LogP contribution in [0.4, 0.5) is 0 Å². The zero-order valence-corrected chi connectivity index (χ0v) is 12.0. The highest BCUT2D eigenvalue weighted by Gasteiger charge is 2.37. The third kappa shape index (κ3) is 3.71. The molecule has 1 saturated heterocycles. The van der Waals surface area contributed by atoms with Gasteiger partial charge in [-0.2, -0.15) is 0 Å². The monoisotopic (exact) mass is 266 g/mol. The molecule has 0 aromatic carbocycles. The third-order valence-electron chi connectivity index (χ3n) is 4.38. The smallest absolute Gasteiger partial charge is 0.245 e. The average molecular weight is 266 g/mol. The Kier molecular flexibility index (Phi) is 5.23. The van der Waals surface area contributed by atoms with E-state index in [1.807, 2.05) is 0 Å². The summed E-state index contributed by atoms with van der Waals surface area (Å²) in [6.45, 7) is 3.14. The molecule has 1 atom stereocenters. The number of hydrogen-bond acceptors (Lipinski definition) is 2. The van der Waals surface area contributed by atoms with Crippen molar-refractivity contribution in [3.63, 3.8) is 0 Å². The zero-order chi connectivity index (χ0) is 13.7. The molecule has 2 aliphatic rings. The van der Waals surface area contributed by atoms with Gasteiger partial charge in [0.1, 0.15) is 6.04 Å². The largest absolute Gasteiger partial charge is 0.342 e. The quantitative estimate of drug-likeness (QED) is 0.775. The second-order valence-corrected chi connectivity index (χ2v) is 5.91. The molecular formula is C15H26N2O2. The Balaban J connectivity index is 1.94. The zero-order valence-electron chi connectivity index (χ0n) is 12.0. The molecular weight excluding hydrogens is 240 g/mol. The molecule has 4 nitrogen and oxygen atoms in total. The predicted molar refractivity (Wildman–Crippen MR) is 74.6 cm³/mol. The van der Waals surface area contributed by atoms with Crippen molar-refractivity contribution in [2.24, 2.45) is 5.92 Å². The highest BCUT2D eigenvalue weighted by molar-refractivity contribution is 5.95. The molecule has 2 fully saturated rings. The lowest BCUT2D eigenvalue weighted by Gasteiger charge is -2.37. The van der Waals surface area contributed by atoms with Crippen molar-refractivity contribution in [1.29, 1.82) is 0 Å². The van der Waals surface area contributed by atoms with Gasteiger partial charge in [-0.25, -0.2) is 0 Å². The summed E-state index contributed by atoms with van der Waals surface area (Å²) in [5.41, 5.74) is 0. The van der Waals surface area contributed by atoms with Gasteiger partial charge in [0.05, 0.1) is 6.54 Å². The molecule has 1 N–H and O–H groups in total. The van der Waals surface area contributed by atoms with Gasteiger partial charge in [0.2, 0.25) is 11.8 Å². The minimum absolute atomic E-state index is 0.0201. The molecule has 0 bridgehead atoms. The molecule has 0 spiro atoms. The maximum absolute atomic E-state index is 12.5. The lowest BCUT2D eigenvalue weighted by Crippen LogP contribution is -2.60. The Morgan fingerprint density at radius 3 is 2.58 bits per heavy atom. The second-order valence-electron chi connectivity index (χ2n) is 5.91. The number of nitrogens with zero attached hydrogens (tertiary/aromatic N) is 1. The van der Waals surface area contributed by atoms with Gasteiger partial charge in [-0.05, 0) is 25.2 Å². The van der Waals surface area contributed by atoms with E-state index in [1.54, 1.807) is 4.90 Å². The lowest BCUT2D eigenvalue weighted by atomic mass is 9.82. The van der Waals surface area contributed by atoms with E-state index < -0.39 is 0 Å². The Bertz CT molecular complexity index is 324. The molecule has 0 aromatic heterocycles. The molecule has 2 rings (SSSR count). The van der Waals surface area contributed by atoms with Gasteiger partial charge in [0.25, 0.3) is 0 Å². The van der Waals surface area contributed by atoms with Crippen LogP contribution in [0.2, 0.25) is 0 Å². The van der Waals surface area contributed by atoms with Gasteiger partial charge in [-0.1, -0.05) is 39.0 Å². The van der Waals surface area contributed by atoms with E-state index in [-0.39, 0.29) is 24.4 Å². The van der Waals surface area contributed by atoms with Crippen molar-refractivity contribution in [1.82, 2.24) is 10.2 Å². The van der Waals surface area contributed by atoms with E-state index in [0.29, 0.717) is 5.92 Å². The summed E-state index contributed by atoms with van der Waals surface area (Å²) in [5, 5.41) is 2.93. The molecule has 1 aliphatic heterocycles. The highest BCUT2D eigenvalue weighted by atomic mass is 16.2. The summed E-state index contributed by atoms with van der Waals surface area (Å²) in [6, 6.07) is -0.247. The summed E-state index contributed by atoms with van der Waals surface area (Å²) in [5.74, 6) is 0.536. The van der Waals surface area contributed by atoms with Crippen LogP contribution in [-0.2, 0) is 9.59 Å². The van der Waals surface area contributed by atoms with Crippen LogP contribution in [-0.4, -0.2) is 35.8 Å². The van der Waals surface area contributed by atoms with Crippen LogP contribution in [0, 0.1) is 5.92 Å². The molecule has 1 aliphatic carbocycles. The Hall–Kier alpha value is -1.06. The van der Waals surface area contributed by atoms with Crippen LogP contribution in [0.5, 0.6) is 0 Å². The Morgan fingerprint density at radius 2 is 1.89 bits per heavy atom. The minimum Gasteiger partial charge on any atom is -0.342 e. The number of hydrogen-bond donors (Lipinski definition) is 1. The molecule has 1 heterocycles. The van der Waals surface area contributed by atoms with Crippen molar-refractivity contribution in [2.45, 2.75) is 64.3 Å².